The predicted molar refractivity (Wildman–Crippen MR) is 124 cm³/mol. The van der Waals surface area contributed by atoms with Gasteiger partial charge in [-0.1, -0.05) is 24.0 Å². The first kappa shape index (κ1) is 24.5. The number of amides is 1. The lowest BCUT2D eigenvalue weighted by molar-refractivity contribution is -0.131. The van der Waals surface area contributed by atoms with E-state index in [1.165, 1.54) is 12.4 Å². The van der Waals surface area contributed by atoms with Crippen molar-refractivity contribution in [1.82, 2.24) is 10.0 Å². The number of carbonyl (C=O) groups excluding carboxylic acids is 1. The minimum Gasteiger partial charge on any atom is -0.393 e. The summed E-state index contributed by atoms with van der Waals surface area (Å²) in [5.74, 6) is 5.19. The highest BCUT2D eigenvalue weighted by Gasteiger charge is 2.43. The van der Waals surface area contributed by atoms with Crippen LogP contribution in [-0.4, -0.2) is 51.9 Å². The number of nitrogens with zero attached hydrogens (tertiary/aromatic N) is 1. The van der Waals surface area contributed by atoms with E-state index in [0.29, 0.717) is 5.56 Å². The summed E-state index contributed by atoms with van der Waals surface area (Å²) in [7, 11) is -3.76. The zero-order valence-corrected chi connectivity index (χ0v) is 19.1. The minimum atomic E-state index is -3.76. The van der Waals surface area contributed by atoms with E-state index < -0.39 is 26.6 Å². The molecule has 0 aliphatic heterocycles. The molecule has 0 unspecified atom stereocenters. The van der Waals surface area contributed by atoms with E-state index >= 15 is 0 Å². The number of aliphatic hydroxyl groups is 2. The van der Waals surface area contributed by atoms with E-state index in [-0.39, 0.29) is 19.6 Å². The molecule has 0 saturated carbocycles. The predicted octanol–water partition coefficient (Wildman–Crippen LogP) is 1.77. The van der Waals surface area contributed by atoms with Gasteiger partial charge >= 0.3 is 0 Å². The third kappa shape index (κ3) is 5.26. The Balaban J connectivity index is 1.79. The average molecular weight is 471 g/mol. The summed E-state index contributed by atoms with van der Waals surface area (Å²) in [5.41, 5.74) is 4.50. The molecule has 2 atom stereocenters. The lowest BCUT2D eigenvalue weighted by Crippen LogP contribution is -2.49. The van der Waals surface area contributed by atoms with Crippen molar-refractivity contribution >= 4 is 26.6 Å². The van der Waals surface area contributed by atoms with Crippen LogP contribution in [0.4, 0.5) is 0 Å². The number of fused-ring (bicyclic) bond motifs is 1. The maximum atomic E-state index is 12.2. The van der Waals surface area contributed by atoms with Crippen molar-refractivity contribution in [3.63, 3.8) is 0 Å². The number of aromatic nitrogens is 1. The molecule has 8 nitrogen and oxygen atoms in total. The van der Waals surface area contributed by atoms with Gasteiger partial charge in [0.2, 0.25) is 0 Å². The maximum absolute atomic E-state index is 12.2. The smallest absolute Gasteiger partial charge is 0.264 e. The van der Waals surface area contributed by atoms with E-state index in [1.807, 2.05) is 35.0 Å². The lowest BCUT2D eigenvalue weighted by atomic mass is 10.1. The molecule has 0 fully saturated rings. The van der Waals surface area contributed by atoms with E-state index in [0.717, 1.165) is 28.3 Å². The molecule has 1 amide bonds. The summed E-state index contributed by atoms with van der Waals surface area (Å²) < 4.78 is 24.4. The van der Waals surface area contributed by atoms with E-state index in [9.17, 15) is 18.3 Å². The third-order valence-electron chi connectivity index (χ3n) is 5.82. The number of aliphatic hydroxyl groups excluding tert-OH is 2. The molecule has 2 aromatic carbocycles. The molecule has 0 saturated heterocycles. The van der Waals surface area contributed by atoms with Gasteiger partial charge in [-0.25, -0.2) is 13.9 Å². The second-order valence-electron chi connectivity index (χ2n) is 8.05. The number of sulfone groups is 1. The molecule has 0 bridgehead atoms. The van der Waals surface area contributed by atoms with Crippen LogP contribution in [0.3, 0.4) is 0 Å². The molecule has 0 aliphatic carbocycles. The Hall–Kier alpha value is -3.16. The van der Waals surface area contributed by atoms with Gasteiger partial charge in [0.25, 0.3) is 5.91 Å². The number of rotatable bonds is 7. The highest BCUT2D eigenvalue weighted by Crippen LogP contribution is 2.25. The van der Waals surface area contributed by atoms with Gasteiger partial charge in [0.1, 0.15) is 6.10 Å². The van der Waals surface area contributed by atoms with Crippen molar-refractivity contribution in [2.75, 3.05) is 12.9 Å². The number of hydrogen-bond donors (Lipinski definition) is 4. The van der Waals surface area contributed by atoms with Gasteiger partial charge in [0.15, 0.2) is 14.6 Å². The summed E-state index contributed by atoms with van der Waals surface area (Å²) in [6.45, 7) is 1.22. The van der Waals surface area contributed by atoms with Crippen molar-refractivity contribution in [2.24, 2.45) is 0 Å². The Bertz CT molecular complexity index is 1320. The first-order valence-electron chi connectivity index (χ1n) is 10.2. The van der Waals surface area contributed by atoms with E-state index in [1.54, 1.807) is 24.3 Å². The summed E-state index contributed by atoms with van der Waals surface area (Å²) >= 11 is 0. The quantitative estimate of drug-likeness (QED) is 0.237. The minimum absolute atomic E-state index is 0.00939. The normalized spacial score (nSPS) is 14.2. The zero-order valence-electron chi connectivity index (χ0n) is 18.3. The van der Waals surface area contributed by atoms with Crippen LogP contribution in [0.1, 0.15) is 36.1 Å². The fraction of sp³-hybridized carbons (Fsp3) is 0.292. The van der Waals surface area contributed by atoms with Crippen LogP contribution in [0.2, 0.25) is 0 Å². The second kappa shape index (κ2) is 9.77. The number of nitrogens with one attached hydrogen (secondary N) is 1. The molecule has 3 rings (SSSR count). The molecular weight excluding hydrogens is 444 g/mol. The van der Waals surface area contributed by atoms with Crippen LogP contribution in [0.5, 0.6) is 0 Å². The monoisotopic (exact) mass is 470 g/mol. The first-order valence-corrected chi connectivity index (χ1v) is 12.1. The van der Waals surface area contributed by atoms with Crippen LogP contribution in [0.25, 0.3) is 10.9 Å². The molecule has 174 valence electrons. The van der Waals surface area contributed by atoms with Crippen LogP contribution in [0.15, 0.2) is 54.7 Å². The van der Waals surface area contributed by atoms with E-state index in [4.69, 9.17) is 10.3 Å². The molecule has 3 aromatic rings. The first-order chi connectivity index (χ1) is 15.6. The molecule has 0 radical (unpaired) electrons. The molecule has 1 heterocycles. The fourth-order valence-corrected chi connectivity index (χ4v) is 4.28. The Kier molecular flexibility index (Phi) is 7.25. The van der Waals surface area contributed by atoms with Crippen LogP contribution >= 0.6 is 0 Å². The highest BCUT2D eigenvalue weighted by atomic mass is 32.2. The zero-order chi connectivity index (χ0) is 24.2. The molecule has 1 aromatic heterocycles. The Morgan fingerprint density at radius 1 is 1.12 bits per heavy atom. The number of hydrogen-bond acceptors (Lipinski definition) is 6. The van der Waals surface area contributed by atoms with Gasteiger partial charge in [0.05, 0.1) is 6.61 Å². The number of benzene rings is 2. The van der Waals surface area contributed by atoms with Gasteiger partial charge in [0, 0.05) is 41.0 Å². The van der Waals surface area contributed by atoms with Crippen LogP contribution < -0.4 is 5.48 Å². The van der Waals surface area contributed by atoms with Crippen molar-refractivity contribution in [3.05, 3.63) is 71.4 Å². The average Bonchev–Trinajstić information content (AvgIpc) is 3.21. The van der Waals surface area contributed by atoms with E-state index in [2.05, 4.69) is 11.8 Å². The SMILES string of the molecule is C[C@@](CCn1ccc2cc(C#Cc3ccc([C@@H](O)CO)cc3)ccc21)(C(=O)NO)S(C)(=O)=O. The van der Waals surface area contributed by atoms with Gasteiger partial charge < -0.3 is 14.8 Å². The molecule has 4 N–H and O–H groups in total. The third-order valence-corrected chi connectivity index (χ3v) is 7.85. The second-order valence-corrected chi connectivity index (χ2v) is 10.5. The van der Waals surface area contributed by atoms with Gasteiger partial charge in [-0.05, 0) is 55.3 Å². The Labute approximate surface area is 192 Å². The summed E-state index contributed by atoms with van der Waals surface area (Å²) in [6, 6.07) is 14.5. The summed E-state index contributed by atoms with van der Waals surface area (Å²) in [5, 5.41) is 28.5. The molecular formula is C24H26N2O6S. The van der Waals surface area contributed by atoms with Gasteiger partial charge in [-0.2, -0.15) is 0 Å². The lowest BCUT2D eigenvalue weighted by Gasteiger charge is -2.25. The molecule has 33 heavy (non-hydrogen) atoms. The van der Waals surface area contributed by atoms with Gasteiger partial charge in [-0.15, -0.1) is 0 Å². The number of hydroxylamine groups is 1. The maximum Gasteiger partial charge on any atom is 0.264 e. The standard InChI is InChI=1S/C24H26N2O6S/c1-24(23(29)25-30,33(2,31)32)12-14-26-13-11-20-15-18(7-10-21(20)26)4-3-17-5-8-19(9-6-17)22(28)16-27/h5-11,13,15,22,27-28,30H,12,14,16H2,1-2H3,(H,25,29)/t22-,24+/m0/s1. The fourth-order valence-electron chi connectivity index (χ4n) is 3.43. The summed E-state index contributed by atoms with van der Waals surface area (Å²) in [6.07, 6.45) is 1.87. The highest BCUT2D eigenvalue weighted by molar-refractivity contribution is 7.92. The molecule has 9 heteroatoms. The molecule has 0 spiro atoms. The Morgan fingerprint density at radius 3 is 2.36 bits per heavy atom. The van der Waals surface area contributed by atoms with Crippen LogP contribution in [0, 0.1) is 11.8 Å². The Morgan fingerprint density at radius 2 is 1.76 bits per heavy atom. The van der Waals surface area contributed by atoms with Crippen molar-refractivity contribution in [1.29, 1.82) is 0 Å². The van der Waals surface area contributed by atoms with Crippen molar-refractivity contribution in [2.45, 2.75) is 30.7 Å². The van der Waals surface area contributed by atoms with Crippen LogP contribution in [-0.2, 0) is 21.2 Å². The number of aryl methyl sites for hydroxylation is 1. The topological polar surface area (TPSA) is 129 Å². The molecule has 0 aliphatic rings. The number of carbonyl (C=O) groups is 1. The van der Waals surface area contributed by atoms with Crippen molar-refractivity contribution in [3.8, 4) is 11.8 Å². The van der Waals surface area contributed by atoms with Crippen molar-refractivity contribution < 1.29 is 28.6 Å². The van der Waals surface area contributed by atoms with Gasteiger partial charge in [-0.3, -0.25) is 10.0 Å². The summed E-state index contributed by atoms with van der Waals surface area (Å²) in [4.78, 5) is 12.0. The largest absolute Gasteiger partial charge is 0.393 e.